The monoisotopic (exact) mass is 237 g/mol. The van der Waals surface area contributed by atoms with Gasteiger partial charge >= 0.3 is 0 Å². The van der Waals surface area contributed by atoms with E-state index in [1.807, 2.05) is 0 Å². The standard InChI is InChI=1S/C15H27NO/c1-13(2,3)15(14(4,5)6)9-11(17)16-12(15)10-7-8-10/h10,12H,7-9H2,1-6H3,(H,16,17). The molecule has 1 saturated heterocycles. The molecule has 0 spiro atoms. The van der Waals surface area contributed by atoms with Gasteiger partial charge in [0, 0.05) is 17.9 Å². The van der Waals surface area contributed by atoms with Crippen molar-refractivity contribution in [2.45, 2.75) is 66.8 Å². The number of hydrogen-bond acceptors (Lipinski definition) is 1. The van der Waals surface area contributed by atoms with E-state index in [-0.39, 0.29) is 22.2 Å². The minimum atomic E-state index is 0.0816. The predicted molar refractivity (Wildman–Crippen MR) is 70.6 cm³/mol. The summed E-state index contributed by atoms with van der Waals surface area (Å²) in [6, 6.07) is 0.384. The van der Waals surface area contributed by atoms with Crippen LogP contribution in [0.3, 0.4) is 0 Å². The lowest BCUT2D eigenvalue weighted by Gasteiger charge is -2.54. The first kappa shape index (κ1) is 12.9. The van der Waals surface area contributed by atoms with Crippen molar-refractivity contribution in [3.8, 4) is 0 Å². The summed E-state index contributed by atoms with van der Waals surface area (Å²) < 4.78 is 0. The Morgan fingerprint density at radius 1 is 1.06 bits per heavy atom. The van der Waals surface area contributed by atoms with Gasteiger partial charge in [0.2, 0.25) is 5.91 Å². The maximum absolute atomic E-state index is 12.0. The van der Waals surface area contributed by atoms with Crippen LogP contribution in [0.15, 0.2) is 0 Å². The fraction of sp³-hybridized carbons (Fsp3) is 0.933. The number of carbonyl (C=O) groups excluding carboxylic acids is 1. The van der Waals surface area contributed by atoms with Gasteiger partial charge in [0.05, 0.1) is 0 Å². The van der Waals surface area contributed by atoms with Crippen LogP contribution >= 0.6 is 0 Å². The van der Waals surface area contributed by atoms with Crippen LogP contribution in [0.5, 0.6) is 0 Å². The topological polar surface area (TPSA) is 29.1 Å². The Morgan fingerprint density at radius 2 is 1.53 bits per heavy atom. The van der Waals surface area contributed by atoms with E-state index >= 15 is 0 Å². The molecule has 0 aromatic heterocycles. The van der Waals surface area contributed by atoms with E-state index in [1.54, 1.807) is 0 Å². The maximum atomic E-state index is 12.0. The summed E-state index contributed by atoms with van der Waals surface area (Å²) in [5.41, 5.74) is 0.383. The fourth-order valence-electron chi connectivity index (χ4n) is 4.25. The summed E-state index contributed by atoms with van der Waals surface area (Å²) >= 11 is 0. The van der Waals surface area contributed by atoms with Crippen molar-refractivity contribution < 1.29 is 4.79 Å². The van der Waals surface area contributed by atoms with Gasteiger partial charge in [-0.05, 0) is 29.6 Å². The molecule has 1 aliphatic carbocycles. The molecule has 1 N–H and O–H groups in total. The lowest BCUT2D eigenvalue weighted by atomic mass is 9.50. The largest absolute Gasteiger partial charge is 0.352 e. The maximum Gasteiger partial charge on any atom is 0.220 e. The molecular weight excluding hydrogens is 210 g/mol. The Hall–Kier alpha value is -0.530. The van der Waals surface area contributed by atoms with Gasteiger partial charge in [0.15, 0.2) is 0 Å². The van der Waals surface area contributed by atoms with Crippen molar-refractivity contribution in [1.29, 1.82) is 0 Å². The van der Waals surface area contributed by atoms with Gasteiger partial charge in [-0.25, -0.2) is 0 Å². The molecule has 2 rings (SSSR count). The molecule has 2 heteroatoms. The second kappa shape index (κ2) is 3.49. The number of rotatable bonds is 1. The summed E-state index contributed by atoms with van der Waals surface area (Å²) in [5, 5.41) is 3.28. The highest BCUT2D eigenvalue weighted by Gasteiger charge is 2.63. The van der Waals surface area contributed by atoms with Crippen LogP contribution in [0.1, 0.15) is 60.8 Å². The average Bonchev–Trinajstić information content (AvgIpc) is 2.86. The summed E-state index contributed by atoms with van der Waals surface area (Å²) in [7, 11) is 0. The zero-order valence-electron chi connectivity index (χ0n) is 12.2. The van der Waals surface area contributed by atoms with E-state index in [1.165, 1.54) is 12.8 Å². The van der Waals surface area contributed by atoms with Crippen molar-refractivity contribution >= 4 is 5.91 Å². The van der Waals surface area contributed by atoms with Crippen LogP contribution in [-0.4, -0.2) is 11.9 Å². The minimum absolute atomic E-state index is 0.0816. The highest BCUT2D eigenvalue weighted by molar-refractivity contribution is 5.80. The van der Waals surface area contributed by atoms with E-state index in [9.17, 15) is 4.79 Å². The lowest BCUT2D eigenvalue weighted by molar-refractivity contribution is -0.121. The molecule has 0 radical (unpaired) electrons. The first-order chi connectivity index (χ1) is 7.59. The number of hydrogen-bond donors (Lipinski definition) is 1. The second-order valence-corrected chi connectivity index (χ2v) is 8.03. The molecule has 0 aromatic carbocycles. The van der Waals surface area contributed by atoms with Gasteiger partial charge in [-0.3, -0.25) is 4.79 Å². The number of nitrogens with one attached hydrogen (secondary N) is 1. The van der Waals surface area contributed by atoms with Gasteiger partial charge in [0.25, 0.3) is 0 Å². The van der Waals surface area contributed by atoms with Gasteiger partial charge in [0.1, 0.15) is 0 Å². The first-order valence-electron chi connectivity index (χ1n) is 6.89. The Bertz CT molecular complexity index is 314. The van der Waals surface area contributed by atoms with Crippen LogP contribution in [0, 0.1) is 22.2 Å². The van der Waals surface area contributed by atoms with Crippen LogP contribution in [0.4, 0.5) is 0 Å². The van der Waals surface area contributed by atoms with Crippen LogP contribution < -0.4 is 5.32 Å². The number of carbonyl (C=O) groups is 1. The molecule has 2 fully saturated rings. The van der Waals surface area contributed by atoms with Crippen molar-refractivity contribution in [1.82, 2.24) is 5.32 Å². The van der Waals surface area contributed by atoms with Crippen molar-refractivity contribution in [3.05, 3.63) is 0 Å². The summed E-state index contributed by atoms with van der Waals surface area (Å²) in [5.74, 6) is 0.978. The molecule has 1 unspecified atom stereocenters. The van der Waals surface area contributed by atoms with Gasteiger partial charge in [-0.15, -0.1) is 0 Å². The molecule has 2 nitrogen and oxygen atoms in total. The molecule has 98 valence electrons. The van der Waals surface area contributed by atoms with Gasteiger partial charge in [-0.1, -0.05) is 41.5 Å². The molecule has 2 aliphatic rings. The molecule has 1 heterocycles. The Morgan fingerprint density at radius 3 is 1.88 bits per heavy atom. The first-order valence-corrected chi connectivity index (χ1v) is 6.89. The zero-order chi connectivity index (χ0) is 13.1. The van der Waals surface area contributed by atoms with E-state index in [4.69, 9.17) is 0 Å². The minimum Gasteiger partial charge on any atom is -0.352 e. The molecule has 0 bridgehead atoms. The van der Waals surface area contributed by atoms with Gasteiger partial charge < -0.3 is 5.32 Å². The molecule has 1 saturated carbocycles. The third-order valence-corrected chi connectivity index (χ3v) is 5.06. The normalized spacial score (nSPS) is 29.3. The molecule has 1 aliphatic heterocycles. The smallest absolute Gasteiger partial charge is 0.220 e. The zero-order valence-corrected chi connectivity index (χ0v) is 12.2. The Kier molecular flexibility index (Phi) is 2.65. The average molecular weight is 237 g/mol. The lowest BCUT2D eigenvalue weighted by Crippen LogP contribution is -2.54. The summed E-state index contributed by atoms with van der Waals surface area (Å²) in [6.07, 6.45) is 3.28. The molecule has 17 heavy (non-hydrogen) atoms. The van der Waals surface area contributed by atoms with E-state index in [0.29, 0.717) is 12.5 Å². The van der Waals surface area contributed by atoms with Crippen molar-refractivity contribution in [3.63, 3.8) is 0 Å². The Balaban J connectivity index is 2.48. The quantitative estimate of drug-likeness (QED) is 0.744. The molecule has 1 amide bonds. The molecular formula is C15H27NO. The highest BCUT2D eigenvalue weighted by atomic mass is 16.2. The molecule has 1 atom stereocenters. The third kappa shape index (κ3) is 1.80. The second-order valence-electron chi connectivity index (χ2n) is 8.03. The number of amides is 1. The van der Waals surface area contributed by atoms with E-state index in [2.05, 4.69) is 46.9 Å². The van der Waals surface area contributed by atoms with E-state index in [0.717, 1.165) is 5.92 Å². The highest BCUT2D eigenvalue weighted by Crippen LogP contribution is 2.62. The third-order valence-electron chi connectivity index (χ3n) is 5.06. The fourth-order valence-corrected chi connectivity index (χ4v) is 4.25. The van der Waals surface area contributed by atoms with E-state index < -0.39 is 0 Å². The van der Waals surface area contributed by atoms with Crippen LogP contribution in [0.2, 0.25) is 0 Å². The van der Waals surface area contributed by atoms with Crippen molar-refractivity contribution in [2.24, 2.45) is 22.2 Å². The van der Waals surface area contributed by atoms with Crippen LogP contribution in [0.25, 0.3) is 0 Å². The van der Waals surface area contributed by atoms with Gasteiger partial charge in [-0.2, -0.15) is 0 Å². The SMILES string of the molecule is CC(C)(C)C1(C(C)(C)C)CC(=O)NC1C1CC1. The molecule has 0 aromatic rings. The summed E-state index contributed by atoms with van der Waals surface area (Å²) in [4.78, 5) is 12.0. The summed E-state index contributed by atoms with van der Waals surface area (Å²) in [6.45, 7) is 13.8. The predicted octanol–water partition coefficient (Wildman–Crippen LogP) is 3.36. The van der Waals surface area contributed by atoms with Crippen molar-refractivity contribution in [2.75, 3.05) is 0 Å². The Labute approximate surface area is 106 Å². The van der Waals surface area contributed by atoms with Crippen LogP contribution in [-0.2, 0) is 4.79 Å².